The maximum atomic E-state index is 6.26. The Morgan fingerprint density at radius 2 is 2.11 bits per heavy atom. The van der Waals surface area contributed by atoms with Crippen LogP contribution in [-0.2, 0) is 6.54 Å². The SMILES string of the molecule is COc1cccc(Cl)c1CNC1CCCC(C)CC1. The third-order valence-electron chi connectivity index (χ3n) is 4.12. The van der Waals surface area contributed by atoms with Gasteiger partial charge in [0.25, 0.3) is 0 Å². The van der Waals surface area contributed by atoms with Gasteiger partial charge in [-0.05, 0) is 37.3 Å². The maximum Gasteiger partial charge on any atom is 0.124 e. The summed E-state index contributed by atoms with van der Waals surface area (Å²) in [6.45, 7) is 3.15. The van der Waals surface area contributed by atoms with Gasteiger partial charge in [-0.15, -0.1) is 0 Å². The molecule has 1 aliphatic carbocycles. The summed E-state index contributed by atoms with van der Waals surface area (Å²) in [4.78, 5) is 0. The van der Waals surface area contributed by atoms with E-state index < -0.39 is 0 Å². The first-order valence-electron chi connectivity index (χ1n) is 7.25. The molecule has 1 aromatic carbocycles. The van der Waals surface area contributed by atoms with Crippen molar-refractivity contribution in [3.05, 3.63) is 28.8 Å². The second kappa shape index (κ2) is 7.16. The van der Waals surface area contributed by atoms with Crippen LogP contribution >= 0.6 is 11.6 Å². The Hall–Kier alpha value is -0.730. The van der Waals surface area contributed by atoms with Gasteiger partial charge in [0.15, 0.2) is 0 Å². The monoisotopic (exact) mass is 281 g/mol. The van der Waals surface area contributed by atoms with Gasteiger partial charge in [0.1, 0.15) is 5.75 Å². The molecule has 1 N–H and O–H groups in total. The molecule has 2 unspecified atom stereocenters. The summed E-state index contributed by atoms with van der Waals surface area (Å²) in [5.74, 6) is 1.75. The Bertz CT molecular complexity index is 408. The van der Waals surface area contributed by atoms with Crippen molar-refractivity contribution >= 4 is 11.6 Å². The van der Waals surface area contributed by atoms with E-state index >= 15 is 0 Å². The Morgan fingerprint density at radius 1 is 1.26 bits per heavy atom. The second-order valence-electron chi connectivity index (χ2n) is 5.61. The largest absolute Gasteiger partial charge is 0.496 e. The molecule has 1 saturated carbocycles. The Balaban J connectivity index is 1.95. The number of ether oxygens (including phenoxy) is 1. The van der Waals surface area contributed by atoms with Gasteiger partial charge in [-0.2, -0.15) is 0 Å². The fourth-order valence-corrected chi connectivity index (χ4v) is 3.07. The predicted molar refractivity (Wildman–Crippen MR) is 80.9 cm³/mol. The molecule has 0 aliphatic heterocycles. The van der Waals surface area contributed by atoms with Crippen LogP contribution in [0.4, 0.5) is 0 Å². The molecule has 3 heteroatoms. The first-order valence-corrected chi connectivity index (χ1v) is 7.63. The van der Waals surface area contributed by atoms with Crippen molar-refractivity contribution in [1.82, 2.24) is 5.32 Å². The summed E-state index contributed by atoms with van der Waals surface area (Å²) < 4.78 is 5.38. The zero-order valence-electron chi connectivity index (χ0n) is 11.9. The standard InChI is InChI=1S/C16H24ClNO/c1-12-5-3-6-13(10-9-12)18-11-14-15(17)7-4-8-16(14)19-2/h4,7-8,12-13,18H,3,5-6,9-11H2,1-2H3. The Morgan fingerprint density at radius 3 is 2.89 bits per heavy atom. The summed E-state index contributed by atoms with van der Waals surface area (Å²) in [6.07, 6.45) is 6.58. The van der Waals surface area contributed by atoms with Crippen LogP contribution in [0.5, 0.6) is 5.75 Å². The van der Waals surface area contributed by atoms with E-state index in [-0.39, 0.29) is 0 Å². The minimum atomic E-state index is 0.617. The van der Waals surface area contributed by atoms with Gasteiger partial charge in [0.05, 0.1) is 7.11 Å². The molecule has 0 aromatic heterocycles. The average Bonchev–Trinajstić information content (AvgIpc) is 2.62. The minimum absolute atomic E-state index is 0.617. The summed E-state index contributed by atoms with van der Waals surface area (Å²) >= 11 is 6.26. The van der Waals surface area contributed by atoms with Crippen LogP contribution in [0.15, 0.2) is 18.2 Å². The number of halogens is 1. The number of benzene rings is 1. The highest BCUT2D eigenvalue weighted by Gasteiger charge is 2.16. The molecule has 0 saturated heterocycles. The molecule has 106 valence electrons. The van der Waals surface area contributed by atoms with E-state index in [9.17, 15) is 0 Å². The lowest BCUT2D eigenvalue weighted by Crippen LogP contribution is -2.28. The molecule has 0 radical (unpaired) electrons. The zero-order valence-corrected chi connectivity index (χ0v) is 12.7. The van der Waals surface area contributed by atoms with Gasteiger partial charge in [0, 0.05) is 23.2 Å². The molecule has 0 amide bonds. The molecular weight excluding hydrogens is 258 g/mol. The predicted octanol–water partition coefficient (Wildman–Crippen LogP) is 4.41. The van der Waals surface area contributed by atoms with E-state index in [0.717, 1.165) is 28.8 Å². The van der Waals surface area contributed by atoms with Gasteiger partial charge in [0.2, 0.25) is 0 Å². The lowest BCUT2D eigenvalue weighted by Gasteiger charge is -2.18. The van der Waals surface area contributed by atoms with Crippen LogP contribution in [0.2, 0.25) is 5.02 Å². The van der Waals surface area contributed by atoms with Crippen LogP contribution in [0.3, 0.4) is 0 Å². The maximum absolute atomic E-state index is 6.26. The molecule has 0 heterocycles. The van der Waals surface area contributed by atoms with Crippen molar-refractivity contribution < 1.29 is 4.74 Å². The first-order chi connectivity index (χ1) is 9.20. The van der Waals surface area contributed by atoms with Crippen molar-refractivity contribution in [3.63, 3.8) is 0 Å². The van der Waals surface area contributed by atoms with Gasteiger partial charge in [-0.3, -0.25) is 0 Å². The van der Waals surface area contributed by atoms with Crippen molar-refractivity contribution in [3.8, 4) is 5.75 Å². The van der Waals surface area contributed by atoms with Crippen LogP contribution < -0.4 is 10.1 Å². The molecule has 19 heavy (non-hydrogen) atoms. The number of hydrogen-bond donors (Lipinski definition) is 1. The van der Waals surface area contributed by atoms with Gasteiger partial charge in [-0.25, -0.2) is 0 Å². The van der Waals surface area contributed by atoms with E-state index in [4.69, 9.17) is 16.3 Å². The molecule has 2 nitrogen and oxygen atoms in total. The molecule has 1 aliphatic rings. The molecule has 2 rings (SSSR count). The van der Waals surface area contributed by atoms with Gasteiger partial charge < -0.3 is 10.1 Å². The van der Waals surface area contributed by atoms with Crippen molar-refractivity contribution in [2.45, 2.75) is 51.6 Å². The van der Waals surface area contributed by atoms with Crippen LogP contribution in [-0.4, -0.2) is 13.2 Å². The molecular formula is C16H24ClNO. The Kier molecular flexibility index (Phi) is 5.53. The number of nitrogens with one attached hydrogen (secondary N) is 1. The number of hydrogen-bond acceptors (Lipinski definition) is 2. The highest BCUT2D eigenvalue weighted by atomic mass is 35.5. The van der Waals surface area contributed by atoms with E-state index in [2.05, 4.69) is 12.2 Å². The smallest absolute Gasteiger partial charge is 0.124 e. The normalized spacial score (nSPS) is 23.9. The third-order valence-corrected chi connectivity index (χ3v) is 4.47. The van der Waals surface area contributed by atoms with E-state index in [0.29, 0.717) is 6.04 Å². The highest BCUT2D eigenvalue weighted by Crippen LogP contribution is 2.27. The van der Waals surface area contributed by atoms with Gasteiger partial charge >= 0.3 is 0 Å². The first kappa shape index (κ1) is 14.7. The fourth-order valence-electron chi connectivity index (χ4n) is 2.84. The van der Waals surface area contributed by atoms with Gasteiger partial charge in [-0.1, -0.05) is 37.4 Å². The molecule has 1 aromatic rings. The van der Waals surface area contributed by atoms with E-state index in [1.807, 2.05) is 18.2 Å². The molecule has 1 fully saturated rings. The topological polar surface area (TPSA) is 21.3 Å². The van der Waals surface area contributed by atoms with E-state index in [1.165, 1.54) is 32.1 Å². The quantitative estimate of drug-likeness (QED) is 0.826. The average molecular weight is 282 g/mol. The van der Waals surface area contributed by atoms with E-state index in [1.54, 1.807) is 7.11 Å². The molecule has 2 atom stereocenters. The molecule has 0 spiro atoms. The number of rotatable bonds is 4. The number of methoxy groups -OCH3 is 1. The highest BCUT2D eigenvalue weighted by molar-refractivity contribution is 6.31. The third kappa shape index (κ3) is 4.12. The van der Waals surface area contributed by atoms with Crippen molar-refractivity contribution in [1.29, 1.82) is 0 Å². The summed E-state index contributed by atoms with van der Waals surface area (Å²) in [5.41, 5.74) is 1.07. The van der Waals surface area contributed by atoms with Crippen LogP contribution in [0, 0.1) is 5.92 Å². The minimum Gasteiger partial charge on any atom is -0.496 e. The lowest BCUT2D eigenvalue weighted by molar-refractivity contribution is 0.400. The van der Waals surface area contributed by atoms with Crippen LogP contribution in [0.1, 0.15) is 44.6 Å². The molecule has 0 bridgehead atoms. The Labute approximate surface area is 121 Å². The van der Waals surface area contributed by atoms with Crippen LogP contribution in [0.25, 0.3) is 0 Å². The van der Waals surface area contributed by atoms with Crippen molar-refractivity contribution in [2.24, 2.45) is 5.92 Å². The summed E-state index contributed by atoms with van der Waals surface area (Å²) in [6, 6.07) is 6.44. The summed E-state index contributed by atoms with van der Waals surface area (Å²) in [5, 5.41) is 4.44. The second-order valence-corrected chi connectivity index (χ2v) is 6.02. The van der Waals surface area contributed by atoms with Crippen molar-refractivity contribution in [2.75, 3.05) is 7.11 Å². The summed E-state index contributed by atoms with van der Waals surface area (Å²) in [7, 11) is 1.70. The zero-order chi connectivity index (χ0) is 13.7. The fraction of sp³-hybridized carbons (Fsp3) is 0.625. The lowest BCUT2D eigenvalue weighted by atomic mass is 10.0.